The number of nitrogens with one attached hydrogen (secondary N) is 1. The van der Waals surface area contributed by atoms with Gasteiger partial charge in [0.25, 0.3) is 11.7 Å². The number of carbonyl (C=O) groups is 3. The van der Waals surface area contributed by atoms with Crippen LogP contribution in [0, 0.1) is 5.92 Å². The van der Waals surface area contributed by atoms with E-state index in [9.17, 15) is 14.4 Å². The van der Waals surface area contributed by atoms with Crippen LogP contribution in [0.1, 0.15) is 20.8 Å². The number of aliphatic imine (C=N–C) groups is 1. The fourth-order valence-electron chi connectivity index (χ4n) is 3.36. The van der Waals surface area contributed by atoms with Crippen molar-refractivity contribution in [2.24, 2.45) is 10.9 Å². The van der Waals surface area contributed by atoms with Gasteiger partial charge in [-0.05, 0) is 32.9 Å². The minimum Gasteiger partial charge on any atom is -0.496 e. The average Bonchev–Trinajstić information content (AvgIpc) is 2.72. The summed E-state index contributed by atoms with van der Waals surface area (Å²) in [6.45, 7) is 5.81. The molecule has 9 nitrogen and oxygen atoms in total. The summed E-state index contributed by atoms with van der Waals surface area (Å²) >= 11 is 0. The van der Waals surface area contributed by atoms with E-state index in [1.54, 1.807) is 37.4 Å². The number of benzene rings is 1. The van der Waals surface area contributed by atoms with Crippen molar-refractivity contribution in [1.29, 1.82) is 0 Å². The van der Waals surface area contributed by atoms with Crippen LogP contribution in [0.5, 0.6) is 5.75 Å². The zero-order chi connectivity index (χ0) is 21.8. The Morgan fingerprint density at radius 1 is 1.20 bits per heavy atom. The van der Waals surface area contributed by atoms with Gasteiger partial charge >= 0.3 is 11.9 Å². The van der Waals surface area contributed by atoms with Gasteiger partial charge in [-0.2, -0.15) is 9.48 Å². The van der Waals surface area contributed by atoms with Crippen LogP contribution in [-0.2, 0) is 14.3 Å². The molecule has 0 aromatic heterocycles. The molecule has 0 radical (unpaired) electrons. The predicted molar refractivity (Wildman–Crippen MR) is 111 cm³/mol. The first-order chi connectivity index (χ1) is 14.4. The summed E-state index contributed by atoms with van der Waals surface area (Å²) in [7, 11) is 1.52. The molecule has 1 N–H and O–H groups in total. The number of imide groups is 1. The first-order valence-electron chi connectivity index (χ1n) is 9.74. The summed E-state index contributed by atoms with van der Waals surface area (Å²) in [5.41, 5.74) is 1.17. The summed E-state index contributed by atoms with van der Waals surface area (Å²) in [6.07, 6.45) is 1.57. The number of urea groups is 1. The number of fused-ring (bicyclic) bond motifs is 1. The second kappa shape index (κ2) is 8.89. The maximum absolute atomic E-state index is 13.2. The molecule has 30 heavy (non-hydrogen) atoms. The highest BCUT2D eigenvalue weighted by Crippen LogP contribution is 2.28. The smallest absolute Gasteiger partial charge is 0.446 e. The van der Waals surface area contributed by atoms with E-state index in [1.165, 1.54) is 11.6 Å². The van der Waals surface area contributed by atoms with Gasteiger partial charge in [-0.1, -0.05) is 12.1 Å². The number of carbonyl (C=O) groups excluding carboxylic acids is 3. The van der Waals surface area contributed by atoms with Gasteiger partial charge in [-0.25, -0.2) is 4.79 Å². The number of rotatable bonds is 7. The number of amides is 4. The van der Waals surface area contributed by atoms with Crippen molar-refractivity contribution in [2.75, 3.05) is 32.1 Å². The van der Waals surface area contributed by atoms with E-state index in [2.05, 4.69) is 10.3 Å². The van der Waals surface area contributed by atoms with Crippen LogP contribution in [0.25, 0.3) is 0 Å². The molecule has 0 spiro atoms. The van der Waals surface area contributed by atoms with E-state index in [1.807, 2.05) is 13.8 Å². The zero-order valence-corrected chi connectivity index (χ0v) is 17.5. The summed E-state index contributed by atoms with van der Waals surface area (Å²) in [5.74, 6) is -0.673. The Morgan fingerprint density at radius 3 is 2.60 bits per heavy atom. The van der Waals surface area contributed by atoms with Gasteiger partial charge in [0, 0.05) is 5.57 Å². The van der Waals surface area contributed by atoms with Crippen LogP contribution in [0.15, 0.2) is 40.6 Å². The molecule has 0 aliphatic carbocycles. The molecule has 0 saturated carbocycles. The molecule has 0 fully saturated rings. The lowest BCUT2D eigenvalue weighted by molar-refractivity contribution is -0.408. The van der Waals surface area contributed by atoms with Crippen molar-refractivity contribution in [1.82, 2.24) is 4.90 Å². The molecule has 3 rings (SSSR count). The van der Waals surface area contributed by atoms with E-state index in [-0.39, 0.29) is 5.84 Å². The zero-order valence-electron chi connectivity index (χ0n) is 17.5. The highest BCUT2D eigenvalue weighted by atomic mass is 16.5. The number of dihydropyridines is 1. The van der Waals surface area contributed by atoms with E-state index in [0.29, 0.717) is 36.0 Å². The lowest BCUT2D eigenvalue weighted by atomic mass is 9.96. The van der Waals surface area contributed by atoms with Crippen molar-refractivity contribution in [3.63, 3.8) is 0 Å². The number of hydrogen-bond acceptors (Lipinski definition) is 6. The van der Waals surface area contributed by atoms with Gasteiger partial charge in [0.05, 0.1) is 25.9 Å². The van der Waals surface area contributed by atoms with Crippen LogP contribution >= 0.6 is 0 Å². The van der Waals surface area contributed by atoms with Gasteiger partial charge in [0.2, 0.25) is 0 Å². The van der Waals surface area contributed by atoms with Crippen LogP contribution in [-0.4, -0.2) is 66.2 Å². The molecule has 0 saturated heterocycles. The summed E-state index contributed by atoms with van der Waals surface area (Å²) in [5, 5.41) is 2.71. The highest BCUT2D eigenvalue weighted by Gasteiger charge is 2.50. The van der Waals surface area contributed by atoms with E-state index < -0.39 is 30.3 Å². The van der Waals surface area contributed by atoms with E-state index in [4.69, 9.17) is 9.47 Å². The lowest BCUT2D eigenvalue weighted by Crippen LogP contribution is -2.56. The number of nitrogens with zero attached hydrogens (tertiary/aromatic N) is 3. The Kier molecular flexibility index (Phi) is 6.29. The topological polar surface area (TPSA) is 100 Å². The monoisotopic (exact) mass is 413 g/mol. The predicted octanol–water partition coefficient (Wildman–Crippen LogP) is 2.04. The Labute approximate surface area is 174 Å². The van der Waals surface area contributed by atoms with Crippen LogP contribution in [0.2, 0.25) is 0 Å². The molecule has 1 aromatic rings. The summed E-state index contributed by atoms with van der Waals surface area (Å²) in [4.78, 5) is 43.8. The standard InChI is InChI=1S/C21H24N4O5/c1-5-29-15-10-8-7-9-14(15)23-16(26)12-25-20(27)17-18(30-6-2)13(3)11-22-19(17)24(4)21(25)28/h7-11,17H,5-6,12H2,1-4H3/p+1. The maximum atomic E-state index is 13.2. The highest BCUT2D eigenvalue weighted by molar-refractivity contribution is 6.17. The third-order valence-corrected chi connectivity index (χ3v) is 4.74. The Bertz CT molecular complexity index is 979. The van der Waals surface area contributed by atoms with Gasteiger partial charge in [-0.3, -0.25) is 9.59 Å². The molecular weight excluding hydrogens is 388 g/mol. The molecule has 2 heterocycles. The molecule has 2 aliphatic rings. The molecular formula is C21H25N4O5+. The molecule has 1 unspecified atom stereocenters. The second-order valence-corrected chi connectivity index (χ2v) is 6.77. The number of amidine groups is 1. The number of hydrogen-bond donors (Lipinski definition) is 1. The molecule has 1 atom stereocenters. The van der Waals surface area contributed by atoms with Crippen LogP contribution < -0.4 is 10.1 Å². The van der Waals surface area contributed by atoms with Gasteiger partial charge in [0.15, 0.2) is 12.5 Å². The Balaban J connectivity index is 1.85. The van der Waals surface area contributed by atoms with Crippen LogP contribution in [0.4, 0.5) is 10.5 Å². The normalized spacial score (nSPS) is 18.5. The van der Waals surface area contributed by atoms with Gasteiger partial charge in [0.1, 0.15) is 17.7 Å². The third-order valence-electron chi connectivity index (χ3n) is 4.74. The first-order valence-corrected chi connectivity index (χ1v) is 9.74. The van der Waals surface area contributed by atoms with Crippen molar-refractivity contribution < 1.29 is 28.4 Å². The molecule has 0 bridgehead atoms. The molecule has 2 aliphatic heterocycles. The van der Waals surface area contributed by atoms with E-state index in [0.717, 1.165) is 4.90 Å². The SMILES string of the molecule is CCOC1=C(C)C=NC2=[N+](C)C(=O)N(CC(=O)Nc3ccccc3OCC)C(=O)C12. The Hall–Kier alpha value is -3.49. The minimum absolute atomic E-state index is 0.289. The summed E-state index contributed by atoms with van der Waals surface area (Å²) in [6, 6.07) is 6.35. The summed E-state index contributed by atoms with van der Waals surface area (Å²) < 4.78 is 12.4. The van der Waals surface area contributed by atoms with Gasteiger partial charge < -0.3 is 14.8 Å². The lowest BCUT2D eigenvalue weighted by Gasteiger charge is -2.29. The second-order valence-electron chi connectivity index (χ2n) is 6.77. The fraction of sp³-hybridized carbons (Fsp3) is 0.381. The van der Waals surface area contributed by atoms with Crippen molar-refractivity contribution in [3.05, 3.63) is 35.6 Å². The van der Waals surface area contributed by atoms with Crippen molar-refractivity contribution >= 4 is 35.6 Å². The van der Waals surface area contributed by atoms with Crippen molar-refractivity contribution in [3.8, 4) is 5.75 Å². The Morgan fingerprint density at radius 2 is 1.90 bits per heavy atom. The molecule has 4 amide bonds. The third kappa shape index (κ3) is 3.96. The number of allylic oxidation sites excluding steroid dienone is 1. The molecule has 158 valence electrons. The minimum atomic E-state index is -0.860. The first kappa shape index (κ1) is 21.2. The quantitative estimate of drug-likeness (QED) is 0.690. The molecule has 9 heteroatoms. The van der Waals surface area contributed by atoms with Gasteiger partial charge in [-0.15, -0.1) is 4.99 Å². The maximum Gasteiger partial charge on any atom is 0.446 e. The fourth-order valence-corrected chi connectivity index (χ4v) is 3.36. The van der Waals surface area contributed by atoms with Crippen LogP contribution in [0.3, 0.4) is 0 Å². The molecule has 1 aromatic carbocycles. The number of ether oxygens (including phenoxy) is 2. The average molecular weight is 413 g/mol. The van der Waals surface area contributed by atoms with E-state index >= 15 is 0 Å². The van der Waals surface area contributed by atoms with Crippen molar-refractivity contribution in [2.45, 2.75) is 20.8 Å². The number of para-hydroxylation sites is 2. The number of anilines is 1. The largest absolute Gasteiger partial charge is 0.496 e.